The Kier molecular flexibility index (Phi) is 4.92. The van der Waals surface area contributed by atoms with Gasteiger partial charge in [-0.2, -0.15) is 0 Å². The zero-order valence-electron chi connectivity index (χ0n) is 16.9. The summed E-state index contributed by atoms with van der Waals surface area (Å²) in [4.78, 5) is 12.5. The van der Waals surface area contributed by atoms with Crippen LogP contribution in [0, 0.1) is 13.8 Å². The van der Waals surface area contributed by atoms with Crippen LogP contribution in [0.25, 0.3) is 16.5 Å². The molecule has 0 spiro atoms. The van der Waals surface area contributed by atoms with Crippen molar-refractivity contribution in [1.82, 2.24) is 5.32 Å². The van der Waals surface area contributed by atoms with E-state index >= 15 is 0 Å². The lowest BCUT2D eigenvalue weighted by molar-refractivity contribution is -0.116. The molecule has 29 heavy (non-hydrogen) atoms. The highest BCUT2D eigenvalue weighted by Crippen LogP contribution is 2.37. The standard InChI is InChI=1S/C23H23NO5/c1-13(17-9-18-14(2)11-27-23(18)15(3)22(17)26-4)7-21(25)24-10-16-5-6-19-20(8-16)29-12-28-19/h5-9,11H,10,12H2,1-4H3,(H,24,25)/b13-7+. The Balaban J connectivity index is 1.55. The molecule has 4 rings (SSSR count). The van der Waals surface area contributed by atoms with Crippen LogP contribution in [0.15, 0.2) is 41.0 Å². The Hall–Kier alpha value is -3.41. The highest BCUT2D eigenvalue weighted by Gasteiger charge is 2.17. The van der Waals surface area contributed by atoms with E-state index in [2.05, 4.69) is 5.32 Å². The normalized spacial score (nSPS) is 13.0. The smallest absolute Gasteiger partial charge is 0.244 e. The maximum atomic E-state index is 12.5. The number of hydrogen-bond donors (Lipinski definition) is 1. The van der Waals surface area contributed by atoms with E-state index in [1.807, 2.05) is 45.0 Å². The third-order valence-corrected chi connectivity index (χ3v) is 5.12. The average molecular weight is 393 g/mol. The fourth-order valence-corrected chi connectivity index (χ4v) is 3.56. The molecule has 2 heterocycles. The monoisotopic (exact) mass is 393 g/mol. The Morgan fingerprint density at radius 2 is 2.00 bits per heavy atom. The number of hydrogen-bond acceptors (Lipinski definition) is 5. The summed E-state index contributed by atoms with van der Waals surface area (Å²) in [5, 5.41) is 3.94. The molecule has 1 amide bonds. The van der Waals surface area contributed by atoms with Gasteiger partial charge in [-0.05, 0) is 55.7 Å². The SMILES string of the molecule is COc1c(/C(C)=C/C(=O)NCc2ccc3c(c2)OCO3)cc2c(C)coc2c1C. The van der Waals surface area contributed by atoms with Crippen molar-refractivity contribution in [2.24, 2.45) is 0 Å². The summed E-state index contributed by atoms with van der Waals surface area (Å²) >= 11 is 0. The molecule has 6 nitrogen and oxygen atoms in total. The number of fused-ring (bicyclic) bond motifs is 2. The fourth-order valence-electron chi connectivity index (χ4n) is 3.56. The first-order chi connectivity index (χ1) is 14.0. The zero-order valence-corrected chi connectivity index (χ0v) is 16.9. The Morgan fingerprint density at radius 1 is 1.21 bits per heavy atom. The van der Waals surface area contributed by atoms with E-state index < -0.39 is 0 Å². The maximum Gasteiger partial charge on any atom is 0.244 e. The van der Waals surface area contributed by atoms with Crippen LogP contribution in [0.3, 0.4) is 0 Å². The van der Waals surface area contributed by atoms with Gasteiger partial charge >= 0.3 is 0 Å². The van der Waals surface area contributed by atoms with Crippen LogP contribution in [0.2, 0.25) is 0 Å². The summed E-state index contributed by atoms with van der Waals surface area (Å²) in [6, 6.07) is 7.64. The van der Waals surface area contributed by atoms with E-state index in [1.165, 1.54) is 0 Å². The second kappa shape index (κ2) is 7.54. The van der Waals surface area contributed by atoms with Gasteiger partial charge in [0, 0.05) is 29.1 Å². The van der Waals surface area contributed by atoms with E-state index in [9.17, 15) is 4.79 Å². The molecule has 0 unspecified atom stereocenters. The van der Waals surface area contributed by atoms with Gasteiger partial charge in [-0.3, -0.25) is 4.79 Å². The van der Waals surface area contributed by atoms with Gasteiger partial charge in [-0.25, -0.2) is 0 Å². The lowest BCUT2D eigenvalue weighted by atomic mass is 9.98. The molecule has 0 saturated carbocycles. The molecule has 1 aromatic heterocycles. The van der Waals surface area contributed by atoms with Crippen molar-refractivity contribution in [2.75, 3.05) is 13.9 Å². The first-order valence-corrected chi connectivity index (χ1v) is 9.38. The van der Waals surface area contributed by atoms with Crippen molar-refractivity contribution >= 4 is 22.4 Å². The molecule has 1 aliphatic heterocycles. The van der Waals surface area contributed by atoms with Crippen molar-refractivity contribution in [3.63, 3.8) is 0 Å². The van der Waals surface area contributed by atoms with Crippen LogP contribution in [0.5, 0.6) is 17.2 Å². The van der Waals surface area contributed by atoms with E-state index in [4.69, 9.17) is 18.6 Å². The third kappa shape index (κ3) is 3.53. The molecular formula is C23H23NO5. The lowest BCUT2D eigenvalue weighted by Crippen LogP contribution is -2.20. The predicted octanol–water partition coefficient (Wildman–Crippen LogP) is 4.51. The Labute approximate surface area is 169 Å². The molecule has 0 bridgehead atoms. The lowest BCUT2D eigenvalue weighted by Gasteiger charge is -2.13. The molecule has 1 aliphatic rings. The fraction of sp³-hybridized carbons (Fsp3) is 0.261. The van der Waals surface area contributed by atoms with Crippen LogP contribution < -0.4 is 19.5 Å². The summed E-state index contributed by atoms with van der Waals surface area (Å²) < 4.78 is 22.0. The van der Waals surface area contributed by atoms with Crippen molar-refractivity contribution in [2.45, 2.75) is 27.3 Å². The second-order valence-electron chi connectivity index (χ2n) is 7.11. The number of amides is 1. The van der Waals surface area contributed by atoms with Gasteiger partial charge in [0.05, 0.1) is 13.4 Å². The molecule has 3 aromatic rings. The van der Waals surface area contributed by atoms with Crippen LogP contribution in [0.1, 0.15) is 29.2 Å². The highest BCUT2D eigenvalue weighted by atomic mass is 16.7. The minimum absolute atomic E-state index is 0.177. The number of benzene rings is 2. The number of allylic oxidation sites excluding steroid dienone is 1. The minimum atomic E-state index is -0.177. The van der Waals surface area contributed by atoms with E-state index in [1.54, 1.807) is 19.4 Å². The van der Waals surface area contributed by atoms with E-state index in [0.717, 1.165) is 44.5 Å². The van der Waals surface area contributed by atoms with Gasteiger partial charge < -0.3 is 23.9 Å². The quantitative estimate of drug-likeness (QED) is 0.646. The van der Waals surface area contributed by atoms with Gasteiger partial charge in [0.15, 0.2) is 11.5 Å². The molecule has 0 saturated heterocycles. The summed E-state index contributed by atoms with van der Waals surface area (Å²) in [7, 11) is 1.63. The number of rotatable bonds is 5. The van der Waals surface area contributed by atoms with E-state index in [0.29, 0.717) is 18.0 Å². The number of carbonyl (C=O) groups excluding carboxylic acids is 1. The van der Waals surface area contributed by atoms with Crippen molar-refractivity contribution < 1.29 is 23.4 Å². The van der Waals surface area contributed by atoms with Crippen LogP contribution >= 0.6 is 0 Å². The van der Waals surface area contributed by atoms with E-state index in [-0.39, 0.29) is 12.7 Å². The molecular weight excluding hydrogens is 370 g/mol. The zero-order chi connectivity index (χ0) is 20.5. The molecule has 0 aliphatic carbocycles. The number of ether oxygens (including phenoxy) is 3. The third-order valence-electron chi connectivity index (χ3n) is 5.12. The number of methoxy groups -OCH3 is 1. The summed E-state index contributed by atoms with van der Waals surface area (Å²) in [5.41, 5.74) is 5.41. The van der Waals surface area contributed by atoms with Crippen LogP contribution in [-0.2, 0) is 11.3 Å². The molecule has 2 aromatic carbocycles. The maximum absolute atomic E-state index is 12.5. The predicted molar refractivity (Wildman–Crippen MR) is 110 cm³/mol. The molecule has 1 N–H and O–H groups in total. The van der Waals surface area contributed by atoms with Gasteiger partial charge in [-0.15, -0.1) is 0 Å². The first kappa shape index (κ1) is 18.9. The van der Waals surface area contributed by atoms with Gasteiger partial charge in [0.25, 0.3) is 0 Å². The number of carbonyl (C=O) groups is 1. The summed E-state index contributed by atoms with van der Waals surface area (Å²) in [6.07, 6.45) is 3.32. The Bertz CT molecular complexity index is 1130. The van der Waals surface area contributed by atoms with Gasteiger partial charge in [-0.1, -0.05) is 6.07 Å². The van der Waals surface area contributed by atoms with Crippen LogP contribution in [-0.4, -0.2) is 19.8 Å². The average Bonchev–Trinajstić information content (AvgIpc) is 3.32. The second-order valence-corrected chi connectivity index (χ2v) is 7.11. The largest absolute Gasteiger partial charge is 0.496 e. The number of furan rings is 1. The summed E-state index contributed by atoms with van der Waals surface area (Å²) in [6.45, 7) is 6.49. The first-order valence-electron chi connectivity index (χ1n) is 9.38. The number of nitrogens with one attached hydrogen (secondary N) is 1. The molecule has 150 valence electrons. The Morgan fingerprint density at radius 3 is 2.79 bits per heavy atom. The molecule has 0 atom stereocenters. The van der Waals surface area contributed by atoms with Crippen LogP contribution in [0.4, 0.5) is 0 Å². The number of aryl methyl sites for hydroxylation is 2. The van der Waals surface area contributed by atoms with Crippen molar-refractivity contribution in [1.29, 1.82) is 0 Å². The van der Waals surface area contributed by atoms with Gasteiger partial charge in [0.2, 0.25) is 12.7 Å². The minimum Gasteiger partial charge on any atom is -0.496 e. The molecule has 6 heteroatoms. The van der Waals surface area contributed by atoms with Crippen molar-refractivity contribution in [3.8, 4) is 17.2 Å². The van der Waals surface area contributed by atoms with Crippen molar-refractivity contribution in [3.05, 3.63) is 58.9 Å². The molecule has 0 fully saturated rings. The highest BCUT2D eigenvalue weighted by molar-refractivity contribution is 5.98. The van der Waals surface area contributed by atoms with Gasteiger partial charge in [0.1, 0.15) is 11.3 Å². The molecule has 0 radical (unpaired) electrons. The summed E-state index contributed by atoms with van der Waals surface area (Å²) in [5.74, 6) is 1.96. The topological polar surface area (TPSA) is 69.9 Å².